The van der Waals surface area contributed by atoms with Crippen molar-refractivity contribution < 1.29 is 4.74 Å². The zero-order valence-electron chi connectivity index (χ0n) is 13.5. The van der Waals surface area contributed by atoms with E-state index in [1.165, 1.54) is 24.8 Å². The summed E-state index contributed by atoms with van der Waals surface area (Å²) in [6, 6.07) is 8.46. The van der Waals surface area contributed by atoms with Crippen LogP contribution in [0.25, 0.3) is 0 Å². The number of ether oxygens (including phenoxy) is 1. The van der Waals surface area contributed by atoms with Gasteiger partial charge in [0.15, 0.2) is 0 Å². The molecule has 1 rings (SSSR count). The van der Waals surface area contributed by atoms with Crippen LogP contribution in [0.1, 0.15) is 64.4 Å². The Hall–Kier alpha value is -1.02. The van der Waals surface area contributed by atoms with Crippen molar-refractivity contribution in [1.82, 2.24) is 5.32 Å². The lowest BCUT2D eigenvalue weighted by Gasteiger charge is -2.15. The quantitative estimate of drug-likeness (QED) is 0.589. The molecule has 0 aliphatic rings. The highest BCUT2D eigenvalue weighted by atomic mass is 16.5. The summed E-state index contributed by atoms with van der Waals surface area (Å²) in [7, 11) is 0. The van der Waals surface area contributed by atoms with Gasteiger partial charge in [-0.2, -0.15) is 0 Å². The average Bonchev–Trinajstić information content (AvgIpc) is 2.49. The molecular formula is C18H31NO. The number of hydrogen-bond acceptors (Lipinski definition) is 2. The van der Waals surface area contributed by atoms with Crippen molar-refractivity contribution in [1.29, 1.82) is 0 Å². The molecule has 0 spiro atoms. The molecule has 0 aliphatic carbocycles. The van der Waals surface area contributed by atoms with Crippen molar-refractivity contribution >= 4 is 0 Å². The van der Waals surface area contributed by atoms with Gasteiger partial charge in [0.2, 0.25) is 0 Å². The van der Waals surface area contributed by atoms with E-state index in [0.717, 1.165) is 38.3 Å². The predicted molar refractivity (Wildman–Crippen MR) is 87.7 cm³/mol. The Labute approximate surface area is 124 Å². The first-order valence-electron chi connectivity index (χ1n) is 8.22. The molecule has 0 aliphatic heterocycles. The first kappa shape index (κ1) is 17.0. The van der Waals surface area contributed by atoms with Crippen molar-refractivity contribution in [2.75, 3.05) is 19.7 Å². The second-order valence-corrected chi connectivity index (χ2v) is 5.51. The first-order chi connectivity index (χ1) is 9.79. The number of hydrogen-bond donors (Lipinski definition) is 1. The van der Waals surface area contributed by atoms with Crippen LogP contribution < -0.4 is 10.1 Å². The van der Waals surface area contributed by atoms with E-state index in [1.807, 2.05) is 0 Å². The third kappa shape index (κ3) is 6.42. The largest absolute Gasteiger partial charge is 0.493 e. The van der Waals surface area contributed by atoms with E-state index in [1.54, 1.807) is 0 Å². The van der Waals surface area contributed by atoms with Gasteiger partial charge in [0.25, 0.3) is 0 Å². The monoisotopic (exact) mass is 277 g/mol. The molecule has 20 heavy (non-hydrogen) atoms. The van der Waals surface area contributed by atoms with Crippen LogP contribution in [0.15, 0.2) is 24.3 Å². The van der Waals surface area contributed by atoms with Crippen molar-refractivity contribution in [2.24, 2.45) is 0 Å². The molecular weight excluding hydrogens is 246 g/mol. The third-order valence-electron chi connectivity index (χ3n) is 3.74. The van der Waals surface area contributed by atoms with E-state index in [4.69, 9.17) is 4.74 Å². The Morgan fingerprint density at radius 3 is 2.60 bits per heavy atom. The molecule has 0 heterocycles. The maximum absolute atomic E-state index is 5.97. The molecule has 2 heteroatoms. The second-order valence-electron chi connectivity index (χ2n) is 5.51. The van der Waals surface area contributed by atoms with Crippen LogP contribution >= 0.6 is 0 Å². The smallest absolute Gasteiger partial charge is 0.122 e. The summed E-state index contributed by atoms with van der Waals surface area (Å²) in [5.41, 5.74) is 1.35. The Bertz CT molecular complexity index is 351. The van der Waals surface area contributed by atoms with Crippen LogP contribution in [0, 0.1) is 0 Å². The van der Waals surface area contributed by atoms with Crippen molar-refractivity contribution in [3.63, 3.8) is 0 Å². The molecule has 1 atom stereocenters. The van der Waals surface area contributed by atoms with Gasteiger partial charge in [0.1, 0.15) is 5.75 Å². The third-order valence-corrected chi connectivity index (χ3v) is 3.74. The minimum absolute atomic E-state index is 0.574. The Balaban J connectivity index is 2.22. The van der Waals surface area contributed by atoms with Gasteiger partial charge in [-0.25, -0.2) is 0 Å². The van der Waals surface area contributed by atoms with Crippen LogP contribution in [0.4, 0.5) is 0 Å². The summed E-state index contributed by atoms with van der Waals surface area (Å²) in [5, 5.41) is 3.43. The number of rotatable bonds is 11. The molecule has 0 saturated heterocycles. The molecule has 1 N–H and O–H groups in total. The summed E-state index contributed by atoms with van der Waals surface area (Å²) < 4.78 is 5.97. The van der Waals surface area contributed by atoms with E-state index < -0.39 is 0 Å². The van der Waals surface area contributed by atoms with Gasteiger partial charge >= 0.3 is 0 Å². The lowest BCUT2D eigenvalue weighted by atomic mass is 9.98. The summed E-state index contributed by atoms with van der Waals surface area (Å²) in [6.07, 6.45) is 6.00. The zero-order valence-corrected chi connectivity index (χ0v) is 13.5. The zero-order chi connectivity index (χ0) is 14.6. The van der Waals surface area contributed by atoms with Crippen molar-refractivity contribution in [2.45, 2.75) is 58.8 Å². The molecule has 0 aromatic heterocycles. The molecule has 0 bridgehead atoms. The summed E-state index contributed by atoms with van der Waals surface area (Å²) >= 11 is 0. The van der Waals surface area contributed by atoms with Gasteiger partial charge in [-0.1, -0.05) is 39.0 Å². The highest BCUT2D eigenvalue weighted by molar-refractivity contribution is 5.35. The minimum atomic E-state index is 0.574. The lowest BCUT2D eigenvalue weighted by Crippen LogP contribution is -2.15. The number of nitrogens with one attached hydrogen (secondary N) is 1. The van der Waals surface area contributed by atoms with Crippen LogP contribution in [-0.2, 0) is 0 Å². The highest BCUT2D eigenvalue weighted by Gasteiger charge is 2.08. The van der Waals surface area contributed by atoms with Crippen molar-refractivity contribution in [3.8, 4) is 5.75 Å². The summed E-state index contributed by atoms with van der Waals surface area (Å²) in [6.45, 7) is 9.80. The maximum Gasteiger partial charge on any atom is 0.122 e. The average molecular weight is 277 g/mol. The molecule has 1 unspecified atom stereocenters. The fourth-order valence-corrected chi connectivity index (χ4v) is 2.25. The second kappa shape index (κ2) is 10.7. The van der Waals surface area contributed by atoms with Crippen LogP contribution in [0.5, 0.6) is 5.75 Å². The standard InChI is InChI=1S/C18H31NO/c1-4-13-19-14-9-6-10-15-20-18-12-8-7-11-17(18)16(3)5-2/h7-8,11-12,16,19H,4-6,9-10,13-15H2,1-3H3. The molecule has 0 amide bonds. The Kier molecular flexibility index (Phi) is 9.14. The van der Waals surface area contributed by atoms with Gasteiger partial charge in [0.05, 0.1) is 6.61 Å². The predicted octanol–water partition coefficient (Wildman–Crippen LogP) is 4.75. The van der Waals surface area contributed by atoms with E-state index in [9.17, 15) is 0 Å². The molecule has 0 fully saturated rings. The van der Waals surface area contributed by atoms with E-state index in [-0.39, 0.29) is 0 Å². The summed E-state index contributed by atoms with van der Waals surface area (Å²) in [5.74, 6) is 1.65. The van der Waals surface area contributed by atoms with Crippen molar-refractivity contribution in [3.05, 3.63) is 29.8 Å². The molecule has 0 saturated carbocycles. The fourth-order valence-electron chi connectivity index (χ4n) is 2.25. The van der Waals surface area contributed by atoms with E-state index >= 15 is 0 Å². The molecule has 2 nitrogen and oxygen atoms in total. The van der Waals surface area contributed by atoms with Gasteiger partial charge < -0.3 is 10.1 Å². The maximum atomic E-state index is 5.97. The Morgan fingerprint density at radius 1 is 1.05 bits per heavy atom. The fraction of sp³-hybridized carbons (Fsp3) is 0.667. The lowest BCUT2D eigenvalue weighted by molar-refractivity contribution is 0.300. The Morgan fingerprint density at radius 2 is 1.85 bits per heavy atom. The van der Waals surface area contributed by atoms with Crippen LogP contribution in [-0.4, -0.2) is 19.7 Å². The van der Waals surface area contributed by atoms with E-state index in [0.29, 0.717) is 5.92 Å². The number of para-hydroxylation sites is 1. The van der Waals surface area contributed by atoms with Gasteiger partial charge in [-0.3, -0.25) is 0 Å². The van der Waals surface area contributed by atoms with E-state index in [2.05, 4.69) is 50.4 Å². The molecule has 1 aromatic rings. The topological polar surface area (TPSA) is 21.3 Å². The van der Waals surface area contributed by atoms with Gasteiger partial charge in [0, 0.05) is 0 Å². The molecule has 0 radical (unpaired) electrons. The van der Waals surface area contributed by atoms with Gasteiger partial charge in [-0.15, -0.1) is 0 Å². The highest BCUT2D eigenvalue weighted by Crippen LogP contribution is 2.28. The SMILES string of the molecule is CCCNCCCCCOc1ccccc1C(C)CC. The number of benzene rings is 1. The number of unbranched alkanes of at least 4 members (excludes halogenated alkanes) is 2. The van der Waals surface area contributed by atoms with Crippen LogP contribution in [0.3, 0.4) is 0 Å². The van der Waals surface area contributed by atoms with Crippen LogP contribution in [0.2, 0.25) is 0 Å². The molecule has 114 valence electrons. The molecule has 1 aromatic carbocycles. The summed E-state index contributed by atoms with van der Waals surface area (Å²) in [4.78, 5) is 0. The van der Waals surface area contributed by atoms with Gasteiger partial charge in [-0.05, 0) is 62.7 Å². The minimum Gasteiger partial charge on any atom is -0.493 e. The first-order valence-corrected chi connectivity index (χ1v) is 8.22. The normalized spacial score (nSPS) is 12.3.